The molecule has 0 saturated carbocycles. The summed E-state index contributed by atoms with van der Waals surface area (Å²) in [4.78, 5) is 14.0. The predicted octanol–water partition coefficient (Wildman–Crippen LogP) is 3.74. The number of halogens is 1. The zero-order valence-corrected chi connectivity index (χ0v) is 12.1. The summed E-state index contributed by atoms with van der Waals surface area (Å²) in [7, 11) is 0. The fraction of sp³-hybridized carbons (Fsp3) is 0.357. The molecule has 2 heterocycles. The van der Waals surface area contributed by atoms with Crippen LogP contribution in [0.15, 0.2) is 23.5 Å². The Morgan fingerprint density at radius 1 is 1.37 bits per heavy atom. The molecule has 0 saturated heterocycles. The lowest BCUT2D eigenvalue weighted by Crippen LogP contribution is -1.97. The van der Waals surface area contributed by atoms with Crippen molar-refractivity contribution in [3.63, 3.8) is 0 Å². The summed E-state index contributed by atoms with van der Waals surface area (Å²) < 4.78 is 13.2. The van der Waals surface area contributed by atoms with Gasteiger partial charge in [0.1, 0.15) is 10.8 Å². The summed E-state index contributed by atoms with van der Waals surface area (Å²) in [5, 5.41) is 0.796. The van der Waals surface area contributed by atoms with Crippen molar-refractivity contribution in [2.75, 3.05) is 6.54 Å². The number of aliphatic imine (C=N–C) groups is 1. The summed E-state index contributed by atoms with van der Waals surface area (Å²) in [5.74, 6) is -0.341. The summed E-state index contributed by atoms with van der Waals surface area (Å²) in [6.07, 6.45) is 3.67. The largest absolute Gasteiger partial charge is 0.289 e. The van der Waals surface area contributed by atoms with Gasteiger partial charge in [-0.2, -0.15) is 0 Å². The zero-order valence-electron chi connectivity index (χ0n) is 11.3. The molecule has 0 aromatic carbocycles. The van der Waals surface area contributed by atoms with Crippen LogP contribution in [0.3, 0.4) is 0 Å². The number of aryl methyl sites for hydroxylation is 1. The number of rotatable bonds is 4. The topological polar surface area (TPSA) is 38.1 Å². The molecule has 0 atom stereocenters. The van der Waals surface area contributed by atoms with Crippen molar-refractivity contribution < 1.29 is 4.39 Å². The van der Waals surface area contributed by atoms with Crippen LogP contribution < -0.4 is 0 Å². The van der Waals surface area contributed by atoms with Gasteiger partial charge in [0, 0.05) is 18.3 Å². The second-order valence-electron chi connectivity index (χ2n) is 4.10. The van der Waals surface area contributed by atoms with Gasteiger partial charge >= 0.3 is 0 Å². The molecular formula is C14H16FN3S. The van der Waals surface area contributed by atoms with E-state index in [1.54, 1.807) is 17.5 Å². The molecule has 0 aliphatic heterocycles. The highest BCUT2D eigenvalue weighted by Gasteiger charge is 2.14. The monoisotopic (exact) mass is 277 g/mol. The maximum absolute atomic E-state index is 13.2. The van der Waals surface area contributed by atoms with Crippen LogP contribution in [0.25, 0.3) is 10.6 Å². The van der Waals surface area contributed by atoms with Crippen LogP contribution in [-0.4, -0.2) is 22.2 Å². The molecule has 5 heteroatoms. The quantitative estimate of drug-likeness (QED) is 0.798. The summed E-state index contributed by atoms with van der Waals surface area (Å²) in [6.45, 7) is 6.81. The van der Waals surface area contributed by atoms with E-state index in [2.05, 4.69) is 21.9 Å². The first-order valence-corrected chi connectivity index (χ1v) is 7.09. The maximum atomic E-state index is 13.2. The summed E-state index contributed by atoms with van der Waals surface area (Å²) in [6, 6.07) is 1.46. The van der Waals surface area contributed by atoms with Gasteiger partial charge in [-0.1, -0.05) is 6.92 Å². The van der Waals surface area contributed by atoms with Gasteiger partial charge in [-0.3, -0.25) is 9.98 Å². The van der Waals surface area contributed by atoms with Gasteiger partial charge in [0.15, 0.2) is 0 Å². The van der Waals surface area contributed by atoms with Gasteiger partial charge in [-0.05, 0) is 26.3 Å². The molecule has 2 rings (SSSR count). The molecule has 2 aromatic rings. The Morgan fingerprint density at radius 2 is 2.16 bits per heavy atom. The van der Waals surface area contributed by atoms with E-state index in [-0.39, 0.29) is 5.82 Å². The minimum atomic E-state index is -0.341. The van der Waals surface area contributed by atoms with Crippen molar-refractivity contribution in [3.8, 4) is 10.6 Å². The number of aromatic nitrogens is 2. The maximum Gasteiger partial charge on any atom is 0.142 e. The summed E-state index contributed by atoms with van der Waals surface area (Å²) >= 11 is 1.55. The van der Waals surface area contributed by atoms with Crippen LogP contribution in [0.4, 0.5) is 4.39 Å². The molecule has 0 amide bonds. The third-order valence-corrected chi connectivity index (χ3v) is 3.96. The third-order valence-electron chi connectivity index (χ3n) is 2.71. The van der Waals surface area contributed by atoms with Gasteiger partial charge in [-0.25, -0.2) is 9.37 Å². The Bertz CT molecular complexity index is 604. The van der Waals surface area contributed by atoms with Gasteiger partial charge in [0.05, 0.1) is 22.5 Å². The molecule has 19 heavy (non-hydrogen) atoms. The van der Waals surface area contributed by atoms with Gasteiger partial charge in [-0.15, -0.1) is 11.3 Å². The van der Waals surface area contributed by atoms with Crippen LogP contribution >= 0.6 is 11.3 Å². The van der Waals surface area contributed by atoms with E-state index in [9.17, 15) is 4.39 Å². The van der Waals surface area contributed by atoms with Crippen molar-refractivity contribution in [2.45, 2.75) is 27.2 Å². The van der Waals surface area contributed by atoms with Crippen molar-refractivity contribution in [1.29, 1.82) is 0 Å². The van der Waals surface area contributed by atoms with E-state index in [0.29, 0.717) is 0 Å². The number of hydrogen-bond acceptors (Lipinski definition) is 4. The number of nitrogens with zero attached hydrogens (tertiary/aromatic N) is 3. The first-order valence-electron chi connectivity index (χ1n) is 6.27. The van der Waals surface area contributed by atoms with E-state index in [1.165, 1.54) is 12.3 Å². The number of hydrogen-bond donors (Lipinski definition) is 0. The van der Waals surface area contributed by atoms with Crippen LogP contribution in [0.1, 0.15) is 31.3 Å². The lowest BCUT2D eigenvalue weighted by Gasteiger charge is -1.97. The highest BCUT2D eigenvalue weighted by atomic mass is 32.1. The molecule has 0 spiro atoms. The van der Waals surface area contributed by atoms with Crippen LogP contribution in [0.5, 0.6) is 0 Å². The van der Waals surface area contributed by atoms with Crippen molar-refractivity contribution in [1.82, 2.24) is 9.97 Å². The van der Waals surface area contributed by atoms with Crippen LogP contribution in [-0.2, 0) is 6.42 Å². The standard InChI is InChI=1S/C14H16FN3S/c1-4-12-13(9(3)17-5-2)19-14(18-12)10-6-11(15)8-16-7-10/h6-8H,4-5H2,1-3H3. The average molecular weight is 277 g/mol. The highest BCUT2D eigenvalue weighted by molar-refractivity contribution is 7.17. The molecule has 0 aliphatic carbocycles. The van der Waals surface area contributed by atoms with Crippen molar-refractivity contribution >= 4 is 17.0 Å². The molecule has 0 unspecified atom stereocenters. The Morgan fingerprint density at radius 3 is 2.79 bits per heavy atom. The molecule has 0 fully saturated rings. The average Bonchev–Trinajstić information content (AvgIpc) is 2.83. The zero-order chi connectivity index (χ0) is 13.8. The molecule has 2 aromatic heterocycles. The SMILES string of the molecule is CCN=C(C)c1sc(-c2cncc(F)c2)nc1CC. The molecule has 100 valence electrons. The molecule has 0 N–H and O–H groups in total. The molecule has 0 aliphatic rings. The first kappa shape index (κ1) is 13.8. The lowest BCUT2D eigenvalue weighted by atomic mass is 10.2. The number of thiazole rings is 1. The van der Waals surface area contributed by atoms with Crippen molar-refractivity contribution in [2.24, 2.45) is 4.99 Å². The fourth-order valence-electron chi connectivity index (χ4n) is 1.84. The number of pyridine rings is 1. The molecule has 3 nitrogen and oxygen atoms in total. The van der Waals surface area contributed by atoms with Gasteiger partial charge in [0.2, 0.25) is 0 Å². The second-order valence-corrected chi connectivity index (χ2v) is 5.10. The minimum Gasteiger partial charge on any atom is -0.289 e. The predicted molar refractivity (Wildman–Crippen MR) is 77.4 cm³/mol. The normalized spacial score (nSPS) is 11.9. The second kappa shape index (κ2) is 6.02. The first-order chi connectivity index (χ1) is 9.15. The van der Waals surface area contributed by atoms with E-state index in [4.69, 9.17) is 0 Å². The van der Waals surface area contributed by atoms with Crippen molar-refractivity contribution in [3.05, 3.63) is 34.8 Å². The van der Waals surface area contributed by atoms with Crippen LogP contribution in [0, 0.1) is 5.82 Å². The van der Waals surface area contributed by atoms with E-state index < -0.39 is 0 Å². The lowest BCUT2D eigenvalue weighted by molar-refractivity contribution is 0.622. The molecule has 0 bridgehead atoms. The summed E-state index contributed by atoms with van der Waals surface area (Å²) in [5.41, 5.74) is 2.72. The van der Waals surface area contributed by atoms with E-state index in [0.717, 1.165) is 39.8 Å². The Balaban J connectivity index is 2.47. The van der Waals surface area contributed by atoms with E-state index in [1.807, 2.05) is 13.8 Å². The third kappa shape index (κ3) is 3.04. The van der Waals surface area contributed by atoms with Crippen LogP contribution in [0.2, 0.25) is 0 Å². The fourth-order valence-corrected chi connectivity index (χ4v) is 2.93. The van der Waals surface area contributed by atoms with Gasteiger partial charge < -0.3 is 0 Å². The highest BCUT2D eigenvalue weighted by Crippen LogP contribution is 2.29. The Kier molecular flexibility index (Phi) is 4.37. The smallest absolute Gasteiger partial charge is 0.142 e. The molecular weight excluding hydrogens is 261 g/mol. The molecule has 0 radical (unpaired) electrons. The Hall–Kier alpha value is -1.62. The Labute approximate surface area is 116 Å². The minimum absolute atomic E-state index is 0.341. The van der Waals surface area contributed by atoms with E-state index >= 15 is 0 Å². The van der Waals surface area contributed by atoms with Gasteiger partial charge in [0.25, 0.3) is 0 Å².